The first-order valence-corrected chi connectivity index (χ1v) is 14.0. The van der Waals surface area contributed by atoms with Gasteiger partial charge in [-0.1, -0.05) is 91.0 Å². The van der Waals surface area contributed by atoms with Crippen molar-refractivity contribution in [3.05, 3.63) is 162 Å². The number of hydrogen-bond acceptors (Lipinski definition) is 3. The highest BCUT2D eigenvalue weighted by Gasteiger charge is 2.15. The second-order valence-electron chi connectivity index (χ2n) is 9.22. The van der Waals surface area contributed by atoms with E-state index >= 15 is 0 Å². The Labute approximate surface area is 243 Å². The minimum Gasteiger partial charge on any atom is -0.321 e. The molecule has 0 unspecified atom stereocenters. The predicted octanol–water partition coefficient (Wildman–Crippen LogP) is 8.19. The van der Waals surface area contributed by atoms with Crippen LogP contribution >= 0.6 is 11.8 Å². The minimum absolute atomic E-state index is 0.115. The summed E-state index contributed by atoms with van der Waals surface area (Å²) in [7, 11) is 0. The quantitative estimate of drug-likeness (QED) is 0.142. The number of anilines is 1. The molecule has 0 saturated carbocycles. The van der Waals surface area contributed by atoms with Crippen LogP contribution in [0.1, 0.15) is 21.5 Å². The molecule has 2 amide bonds. The van der Waals surface area contributed by atoms with Gasteiger partial charge in [-0.3, -0.25) is 9.59 Å². The van der Waals surface area contributed by atoms with Gasteiger partial charge in [0.2, 0.25) is 0 Å². The zero-order valence-corrected chi connectivity index (χ0v) is 22.9. The number of rotatable bonds is 9. The van der Waals surface area contributed by atoms with Crippen LogP contribution in [0.15, 0.2) is 144 Å². The van der Waals surface area contributed by atoms with Gasteiger partial charge in [0, 0.05) is 21.9 Å². The molecule has 202 valence electrons. The average molecular weight is 559 g/mol. The first-order chi connectivity index (χ1) is 20.0. The summed E-state index contributed by atoms with van der Waals surface area (Å²) in [4.78, 5) is 27.2. The van der Waals surface area contributed by atoms with Gasteiger partial charge in [0.05, 0.1) is 0 Å². The van der Waals surface area contributed by atoms with Crippen molar-refractivity contribution in [2.75, 3.05) is 5.32 Å². The van der Waals surface area contributed by atoms with Crippen molar-refractivity contribution >= 4 is 35.3 Å². The van der Waals surface area contributed by atoms with E-state index in [0.717, 1.165) is 21.6 Å². The number of hydrogen-bond donors (Lipinski definition) is 2. The topological polar surface area (TPSA) is 58.2 Å². The molecule has 0 spiro atoms. The normalized spacial score (nSPS) is 11.1. The molecule has 5 aromatic rings. The van der Waals surface area contributed by atoms with Gasteiger partial charge in [0.1, 0.15) is 11.5 Å². The Bertz CT molecular complexity index is 1650. The maximum absolute atomic E-state index is 13.9. The van der Waals surface area contributed by atoms with E-state index in [-0.39, 0.29) is 17.4 Å². The molecule has 5 rings (SSSR count). The Morgan fingerprint density at radius 1 is 0.683 bits per heavy atom. The second-order valence-corrected chi connectivity index (χ2v) is 10.3. The zero-order valence-electron chi connectivity index (χ0n) is 22.1. The zero-order chi connectivity index (χ0) is 28.4. The second kappa shape index (κ2) is 13.4. The molecule has 0 heterocycles. The van der Waals surface area contributed by atoms with Crippen LogP contribution < -0.4 is 10.6 Å². The summed E-state index contributed by atoms with van der Waals surface area (Å²) >= 11 is 1.51. The monoisotopic (exact) mass is 558 g/mol. The molecule has 0 fully saturated rings. The summed E-state index contributed by atoms with van der Waals surface area (Å²) < 4.78 is 13.9. The number of thioether (sulfide) groups is 1. The van der Waals surface area contributed by atoms with Gasteiger partial charge < -0.3 is 10.6 Å². The summed E-state index contributed by atoms with van der Waals surface area (Å²) in [5, 5.41) is 5.65. The van der Waals surface area contributed by atoms with Crippen molar-refractivity contribution in [2.24, 2.45) is 0 Å². The van der Waals surface area contributed by atoms with E-state index in [1.165, 1.54) is 17.8 Å². The lowest BCUT2D eigenvalue weighted by Gasteiger charge is -2.12. The summed E-state index contributed by atoms with van der Waals surface area (Å²) in [6.45, 7) is 0. The van der Waals surface area contributed by atoms with Crippen molar-refractivity contribution in [3.63, 3.8) is 0 Å². The minimum atomic E-state index is -0.451. The van der Waals surface area contributed by atoms with Crippen LogP contribution in [0.3, 0.4) is 0 Å². The molecule has 0 aliphatic carbocycles. The lowest BCUT2D eigenvalue weighted by molar-refractivity contribution is -0.113. The number of nitrogens with one attached hydrogen (secondary N) is 2. The summed E-state index contributed by atoms with van der Waals surface area (Å²) in [6, 6.07) is 40.6. The fraction of sp³-hybridized carbons (Fsp3) is 0.0286. The van der Waals surface area contributed by atoms with Crippen LogP contribution in [0.25, 0.3) is 17.2 Å². The molecule has 0 aromatic heterocycles. The van der Waals surface area contributed by atoms with Gasteiger partial charge in [-0.15, -0.1) is 11.8 Å². The van der Waals surface area contributed by atoms with Crippen LogP contribution in [0.2, 0.25) is 0 Å². The molecule has 5 aromatic carbocycles. The van der Waals surface area contributed by atoms with Crippen LogP contribution in [-0.4, -0.2) is 11.8 Å². The van der Waals surface area contributed by atoms with Gasteiger partial charge in [-0.05, 0) is 70.8 Å². The summed E-state index contributed by atoms with van der Waals surface area (Å²) in [5.41, 5.74) is 4.68. The molecule has 0 bridgehead atoms. The van der Waals surface area contributed by atoms with Gasteiger partial charge in [-0.2, -0.15) is 0 Å². The SMILES string of the molecule is O=C(Nc1ccc(SCc2ccccc2F)cc1)/C(=C/c1ccc(-c2ccccc2)cc1)NC(=O)c1ccccc1. The molecule has 0 aliphatic rings. The molecular weight excluding hydrogens is 531 g/mol. The summed E-state index contributed by atoms with van der Waals surface area (Å²) in [5.74, 6) is -0.559. The largest absolute Gasteiger partial charge is 0.321 e. The number of halogens is 1. The highest BCUT2D eigenvalue weighted by Crippen LogP contribution is 2.26. The predicted molar refractivity (Wildman–Crippen MR) is 165 cm³/mol. The van der Waals surface area contributed by atoms with E-state index in [1.807, 2.05) is 78.9 Å². The highest BCUT2D eigenvalue weighted by atomic mass is 32.2. The summed E-state index contributed by atoms with van der Waals surface area (Å²) in [6.07, 6.45) is 1.66. The average Bonchev–Trinajstić information content (AvgIpc) is 3.02. The standard InChI is InChI=1S/C35H27FN2O2S/c36-32-14-8-7-13-29(32)24-41-31-21-19-30(20-22-31)37-35(40)33(38-34(39)28-11-5-2-6-12-28)23-25-15-17-27(18-16-25)26-9-3-1-4-10-26/h1-23H,24H2,(H,37,40)(H,38,39)/b33-23-. The lowest BCUT2D eigenvalue weighted by Crippen LogP contribution is -2.30. The Kier molecular flexibility index (Phi) is 9.04. The van der Waals surface area contributed by atoms with Gasteiger partial charge in [0.25, 0.3) is 11.8 Å². The Morgan fingerprint density at radius 3 is 1.98 bits per heavy atom. The Morgan fingerprint density at radius 2 is 1.29 bits per heavy atom. The van der Waals surface area contributed by atoms with Crippen molar-refractivity contribution in [1.82, 2.24) is 5.32 Å². The molecule has 0 saturated heterocycles. The number of carbonyl (C=O) groups excluding carboxylic acids is 2. The molecule has 0 atom stereocenters. The van der Waals surface area contributed by atoms with E-state index in [9.17, 15) is 14.0 Å². The first kappa shape index (κ1) is 27.6. The van der Waals surface area contributed by atoms with E-state index in [2.05, 4.69) is 10.6 Å². The fourth-order valence-electron chi connectivity index (χ4n) is 4.12. The number of amides is 2. The van der Waals surface area contributed by atoms with Gasteiger partial charge >= 0.3 is 0 Å². The van der Waals surface area contributed by atoms with Crippen molar-refractivity contribution in [3.8, 4) is 11.1 Å². The molecule has 6 heteroatoms. The third-order valence-electron chi connectivity index (χ3n) is 6.32. The first-order valence-electron chi connectivity index (χ1n) is 13.1. The van der Waals surface area contributed by atoms with Crippen LogP contribution in [0, 0.1) is 5.82 Å². The Balaban J connectivity index is 1.32. The lowest BCUT2D eigenvalue weighted by atomic mass is 10.0. The van der Waals surface area contributed by atoms with Gasteiger partial charge in [0.15, 0.2) is 0 Å². The third-order valence-corrected chi connectivity index (χ3v) is 7.38. The molecule has 0 radical (unpaired) electrons. The van der Waals surface area contributed by atoms with E-state index in [1.54, 1.807) is 54.6 Å². The number of carbonyl (C=O) groups is 2. The highest BCUT2D eigenvalue weighted by molar-refractivity contribution is 7.98. The maximum atomic E-state index is 13.9. The number of benzene rings is 5. The molecule has 41 heavy (non-hydrogen) atoms. The smallest absolute Gasteiger partial charge is 0.272 e. The van der Waals surface area contributed by atoms with Crippen molar-refractivity contribution in [2.45, 2.75) is 10.6 Å². The van der Waals surface area contributed by atoms with Crippen molar-refractivity contribution in [1.29, 1.82) is 0 Å². The molecule has 4 nitrogen and oxygen atoms in total. The fourth-order valence-corrected chi connectivity index (χ4v) is 5.01. The van der Waals surface area contributed by atoms with Crippen LogP contribution in [0.5, 0.6) is 0 Å². The van der Waals surface area contributed by atoms with E-state index < -0.39 is 5.91 Å². The van der Waals surface area contributed by atoms with Crippen LogP contribution in [-0.2, 0) is 10.5 Å². The third kappa shape index (κ3) is 7.59. The maximum Gasteiger partial charge on any atom is 0.272 e. The molecule has 0 aliphatic heterocycles. The van der Waals surface area contributed by atoms with Crippen molar-refractivity contribution < 1.29 is 14.0 Å². The molecular formula is C35H27FN2O2S. The molecule has 2 N–H and O–H groups in total. The van der Waals surface area contributed by atoms with E-state index in [0.29, 0.717) is 22.6 Å². The van der Waals surface area contributed by atoms with Gasteiger partial charge in [-0.25, -0.2) is 4.39 Å². The Hall–Kier alpha value is -4.94. The van der Waals surface area contributed by atoms with E-state index in [4.69, 9.17) is 0 Å². The van der Waals surface area contributed by atoms with Crippen LogP contribution in [0.4, 0.5) is 10.1 Å².